The van der Waals surface area contributed by atoms with Crippen molar-refractivity contribution in [3.8, 4) is 0 Å². The summed E-state index contributed by atoms with van der Waals surface area (Å²) in [6, 6.07) is 0.454. The van der Waals surface area contributed by atoms with Crippen LogP contribution in [0.5, 0.6) is 0 Å². The van der Waals surface area contributed by atoms with Crippen molar-refractivity contribution in [2.75, 3.05) is 13.1 Å². The molecule has 9 heavy (non-hydrogen) atoms. The monoisotopic (exact) mass is 146 g/mol. The Morgan fingerprint density at radius 1 is 1.33 bits per heavy atom. The number of hydrogen-bond donors (Lipinski definition) is 1. The third-order valence-electron chi connectivity index (χ3n) is 1.81. The standard InChI is InChI=1S/C6H15N2P/c7-6-2-1-4-8(9)5-3-6/h6H,1-5,7,9H2. The summed E-state index contributed by atoms with van der Waals surface area (Å²) in [5, 5.41) is 0. The lowest BCUT2D eigenvalue weighted by molar-refractivity contribution is 0.484. The summed E-state index contributed by atoms with van der Waals surface area (Å²) >= 11 is 0. The van der Waals surface area contributed by atoms with Gasteiger partial charge in [-0.1, -0.05) is 9.39 Å². The van der Waals surface area contributed by atoms with Gasteiger partial charge >= 0.3 is 0 Å². The maximum atomic E-state index is 5.76. The van der Waals surface area contributed by atoms with E-state index in [2.05, 4.69) is 14.1 Å². The molecular weight excluding hydrogens is 131 g/mol. The van der Waals surface area contributed by atoms with E-state index in [9.17, 15) is 0 Å². The zero-order valence-corrected chi connectivity index (χ0v) is 6.87. The molecule has 0 aromatic rings. The molecule has 0 saturated carbocycles. The minimum atomic E-state index is 0.454. The van der Waals surface area contributed by atoms with Crippen molar-refractivity contribution < 1.29 is 0 Å². The Hall–Kier alpha value is 0.350. The van der Waals surface area contributed by atoms with Gasteiger partial charge in [0.1, 0.15) is 0 Å². The van der Waals surface area contributed by atoms with Crippen molar-refractivity contribution in [1.29, 1.82) is 0 Å². The molecular formula is C6H15N2P. The average Bonchev–Trinajstić information content (AvgIpc) is 1.97. The zero-order chi connectivity index (χ0) is 6.69. The Labute approximate surface area is 59.0 Å². The summed E-state index contributed by atoms with van der Waals surface area (Å²) in [5.41, 5.74) is 5.76. The van der Waals surface area contributed by atoms with E-state index in [1.165, 1.54) is 19.4 Å². The van der Waals surface area contributed by atoms with Crippen LogP contribution in [0, 0.1) is 0 Å². The van der Waals surface area contributed by atoms with Crippen molar-refractivity contribution in [3.63, 3.8) is 0 Å². The van der Waals surface area contributed by atoms with Gasteiger partial charge in [-0.25, -0.2) is 0 Å². The Morgan fingerprint density at radius 2 is 2.11 bits per heavy atom. The first-order valence-corrected chi connectivity index (χ1v) is 4.06. The fraction of sp³-hybridized carbons (Fsp3) is 1.00. The van der Waals surface area contributed by atoms with Gasteiger partial charge in [-0.05, 0) is 19.3 Å². The molecule has 0 aromatic heterocycles. The van der Waals surface area contributed by atoms with Crippen molar-refractivity contribution >= 4 is 9.39 Å². The van der Waals surface area contributed by atoms with E-state index >= 15 is 0 Å². The molecule has 0 spiro atoms. The second-order valence-corrected chi connectivity index (χ2v) is 3.46. The summed E-state index contributed by atoms with van der Waals surface area (Å²) in [4.78, 5) is 0. The number of rotatable bonds is 0. The van der Waals surface area contributed by atoms with Gasteiger partial charge in [0.25, 0.3) is 0 Å². The topological polar surface area (TPSA) is 29.3 Å². The molecule has 1 aliphatic heterocycles. The highest BCUT2D eigenvalue weighted by Crippen LogP contribution is 2.11. The van der Waals surface area contributed by atoms with Gasteiger partial charge < -0.3 is 5.73 Å². The molecule has 2 N–H and O–H groups in total. The second-order valence-electron chi connectivity index (χ2n) is 2.73. The summed E-state index contributed by atoms with van der Waals surface area (Å²) < 4.78 is 2.27. The molecule has 0 radical (unpaired) electrons. The molecule has 0 aromatic carbocycles. The Morgan fingerprint density at radius 3 is 2.89 bits per heavy atom. The van der Waals surface area contributed by atoms with Gasteiger partial charge in [-0.2, -0.15) is 0 Å². The summed E-state index contributed by atoms with van der Waals surface area (Å²) in [6.07, 6.45) is 3.61. The SMILES string of the molecule is NC1CCCN(P)CC1. The van der Waals surface area contributed by atoms with Gasteiger partial charge in [0.05, 0.1) is 0 Å². The average molecular weight is 146 g/mol. The van der Waals surface area contributed by atoms with Gasteiger partial charge in [-0.3, -0.25) is 4.67 Å². The number of hydrogen-bond acceptors (Lipinski definition) is 2. The molecule has 1 saturated heterocycles. The Bertz CT molecular complexity index is 77.1. The van der Waals surface area contributed by atoms with Crippen molar-refractivity contribution in [2.24, 2.45) is 5.73 Å². The van der Waals surface area contributed by atoms with E-state index in [1.54, 1.807) is 0 Å². The Balaban J connectivity index is 2.25. The highest BCUT2D eigenvalue weighted by Gasteiger charge is 2.09. The van der Waals surface area contributed by atoms with Crippen LogP contribution >= 0.6 is 9.39 Å². The van der Waals surface area contributed by atoms with Crippen LogP contribution in [-0.4, -0.2) is 23.8 Å². The lowest BCUT2D eigenvalue weighted by Gasteiger charge is -2.10. The van der Waals surface area contributed by atoms with Crippen LogP contribution in [-0.2, 0) is 0 Å². The van der Waals surface area contributed by atoms with Gasteiger partial charge in [-0.15, -0.1) is 0 Å². The third kappa shape index (κ3) is 2.61. The fourth-order valence-corrected chi connectivity index (χ4v) is 1.48. The molecule has 1 rings (SSSR count). The van der Waals surface area contributed by atoms with Crippen molar-refractivity contribution in [2.45, 2.75) is 25.3 Å². The number of nitrogens with zero attached hydrogens (tertiary/aromatic N) is 1. The number of nitrogens with two attached hydrogens (primary N) is 1. The highest BCUT2D eigenvalue weighted by molar-refractivity contribution is 7.13. The minimum absolute atomic E-state index is 0.454. The van der Waals surface area contributed by atoms with Crippen molar-refractivity contribution in [1.82, 2.24) is 4.67 Å². The molecule has 2 atom stereocenters. The van der Waals surface area contributed by atoms with Crippen LogP contribution in [0.25, 0.3) is 0 Å². The first-order chi connectivity index (χ1) is 4.29. The molecule has 54 valence electrons. The molecule has 1 heterocycles. The summed E-state index contributed by atoms with van der Waals surface area (Å²) in [5.74, 6) is 0. The van der Waals surface area contributed by atoms with E-state index in [4.69, 9.17) is 5.73 Å². The predicted octanol–water partition coefficient (Wildman–Crippen LogP) is 0.590. The second kappa shape index (κ2) is 3.50. The summed E-state index contributed by atoms with van der Waals surface area (Å²) in [7, 11) is 2.73. The first kappa shape index (κ1) is 7.46. The Kier molecular flexibility index (Phi) is 2.90. The van der Waals surface area contributed by atoms with Crippen molar-refractivity contribution in [3.05, 3.63) is 0 Å². The quantitative estimate of drug-likeness (QED) is 0.507. The maximum absolute atomic E-state index is 5.76. The van der Waals surface area contributed by atoms with Gasteiger partial charge in [0.15, 0.2) is 0 Å². The van der Waals surface area contributed by atoms with Crippen LogP contribution < -0.4 is 5.73 Å². The third-order valence-corrected chi connectivity index (χ3v) is 2.32. The summed E-state index contributed by atoms with van der Waals surface area (Å²) in [6.45, 7) is 2.34. The van der Waals surface area contributed by atoms with Crippen LogP contribution in [0.1, 0.15) is 19.3 Å². The molecule has 0 aliphatic carbocycles. The molecule has 2 nitrogen and oxygen atoms in total. The van der Waals surface area contributed by atoms with E-state index in [1.807, 2.05) is 0 Å². The molecule has 0 amide bonds. The largest absolute Gasteiger partial charge is 0.328 e. The van der Waals surface area contributed by atoms with Crippen LogP contribution in [0.3, 0.4) is 0 Å². The normalized spacial score (nSPS) is 32.0. The van der Waals surface area contributed by atoms with Gasteiger partial charge in [0.2, 0.25) is 0 Å². The van der Waals surface area contributed by atoms with Crippen LogP contribution in [0.15, 0.2) is 0 Å². The fourth-order valence-electron chi connectivity index (χ4n) is 1.14. The lowest BCUT2D eigenvalue weighted by atomic mass is 10.1. The van der Waals surface area contributed by atoms with Crippen LogP contribution in [0.2, 0.25) is 0 Å². The smallest absolute Gasteiger partial charge is 0.00515 e. The molecule has 1 aliphatic rings. The maximum Gasteiger partial charge on any atom is 0.00515 e. The van der Waals surface area contributed by atoms with E-state index in [0.717, 1.165) is 13.0 Å². The van der Waals surface area contributed by atoms with E-state index in [0.29, 0.717) is 6.04 Å². The first-order valence-electron chi connectivity index (χ1n) is 3.54. The minimum Gasteiger partial charge on any atom is -0.328 e. The van der Waals surface area contributed by atoms with Gasteiger partial charge in [0, 0.05) is 19.1 Å². The molecule has 0 bridgehead atoms. The van der Waals surface area contributed by atoms with E-state index < -0.39 is 0 Å². The molecule has 3 heteroatoms. The lowest BCUT2D eigenvalue weighted by Crippen LogP contribution is -2.20. The molecule has 1 fully saturated rings. The predicted molar refractivity (Wildman–Crippen MR) is 43.1 cm³/mol. The molecule has 2 unspecified atom stereocenters. The zero-order valence-electron chi connectivity index (χ0n) is 5.71. The highest BCUT2D eigenvalue weighted by atomic mass is 31.0. The van der Waals surface area contributed by atoms with E-state index in [-0.39, 0.29) is 0 Å². The van der Waals surface area contributed by atoms with Crippen LogP contribution in [0.4, 0.5) is 0 Å².